The SMILES string of the molecule is COC(=O)c1cccc(NC(=O)Cc2c(C)nc(CC(C)C)c(CNC(=O)OC(C)(C)C)c2-c2ccc(CN)cc2)c1. The molecule has 0 atom stereocenters. The lowest BCUT2D eigenvalue weighted by atomic mass is 9.88. The van der Waals surface area contributed by atoms with Gasteiger partial charge in [-0.25, -0.2) is 9.59 Å². The average Bonchev–Trinajstić information content (AvgIpc) is 2.92. The lowest BCUT2D eigenvalue weighted by molar-refractivity contribution is -0.115. The minimum Gasteiger partial charge on any atom is -0.465 e. The number of benzene rings is 2. The van der Waals surface area contributed by atoms with Crippen LogP contribution < -0.4 is 16.4 Å². The molecule has 0 fully saturated rings. The Morgan fingerprint density at radius 2 is 1.71 bits per heavy atom. The Morgan fingerprint density at radius 1 is 1.02 bits per heavy atom. The highest BCUT2D eigenvalue weighted by Crippen LogP contribution is 2.33. The molecule has 0 saturated carbocycles. The van der Waals surface area contributed by atoms with Crippen LogP contribution >= 0.6 is 0 Å². The third-order valence-electron chi connectivity index (χ3n) is 6.48. The highest BCUT2D eigenvalue weighted by molar-refractivity contribution is 5.96. The number of aryl methyl sites for hydroxylation is 1. The maximum atomic E-state index is 13.4. The number of carbonyl (C=O) groups is 3. The van der Waals surface area contributed by atoms with Crippen LogP contribution in [0.1, 0.15) is 73.1 Å². The van der Waals surface area contributed by atoms with Crippen LogP contribution in [0.3, 0.4) is 0 Å². The summed E-state index contributed by atoms with van der Waals surface area (Å²) in [7, 11) is 1.31. The summed E-state index contributed by atoms with van der Waals surface area (Å²) in [5.41, 5.74) is 11.9. The molecule has 0 radical (unpaired) electrons. The molecule has 0 saturated heterocycles. The maximum absolute atomic E-state index is 13.4. The van der Waals surface area contributed by atoms with Crippen LogP contribution in [0.5, 0.6) is 0 Å². The van der Waals surface area contributed by atoms with E-state index in [0.717, 1.165) is 39.2 Å². The number of hydrogen-bond donors (Lipinski definition) is 3. The van der Waals surface area contributed by atoms with Gasteiger partial charge in [0, 0.05) is 35.7 Å². The number of hydrogen-bond acceptors (Lipinski definition) is 7. The molecule has 9 heteroatoms. The molecule has 3 aromatic rings. The number of nitrogens with one attached hydrogen (secondary N) is 2. The topological polar surface area (TPSA) is 133 Å². The lowest BCUT2D eigenvalue weighted by Crippen LogP contribution is -2.32. The fourth-order valence-electron chi connectivity index (χ4n) is 4.65. The number of alkyl carbamates (subject to hydrolysis) is 1. The Hall–Kier alpha value is -4.24. The van der Waals surface area contributed by atoms with Crippen molar-refractivity contribution < 1.29 is 23.9 Å². The molecule has 2 aromatic carbocycles. The smallest absolute Gasteiger partial charge is 0.407 e. The summed E-state index contributed by atoms with van der Waals surface area (Å²) < 4.78 is 10.3. The van der Waals surface area contributed by atoms with Crippen LogP contribution in [0.15, 0.2) is 48.5 Å². The lowest BCUT2D eigenvalue weighted by Gasteiger charge is -2.23. The maximum Gasteiger partial charge on any atom is 0.407 e. The largest absolute Gasteiger partial charge is 0.465 e. The Morgan fingerprint density at radius 3 is 2.31 bits per heavy atom. The van der Waals surface area contributed by atoms with Crippen LogP contribution in [0.25, 0.3) is 11.1 Å². The zero-order valence-electron chi connectivity index (χ0n) is 25.6. The van der Waals surface area contributed by atoms with Gasteiger partial charge in [-0.15, -0.1) is 0 Å². The Balaban J connectivity index is 2.09. The number of amides is 2. The number of carbonyl (C=O) groups excluding carboxylic acids is 3. The summed E-state index contributed by atoms with van der Waals surface area (Å²) in [6, 6.07) is 14.5. The fourth-order valence-corrected chi connectivity index (χ4v) is 4.65. The Kier molecular flexibility index (Phi) is 10.8. The first-order valence-electron chi connectivity index (χ1n) is 14.1. The molecular weight excluding hydrogens is 532 g/mol. The van der Waals surface area contributed by atoms with E-state index in [9.17, 15) is 14.4 Å². The van der Waals surface area contributed by atoms with E-state index >= 15 is 0 Å². The second-order valence-corrected chi connectivity index (χ2v) is 11.6. The zero-order valence-corrected chi connectivity index (χ0v) is 25.6. The van der Waals surface area contributed by atoms with E-state index in [4.69, 9.17) is 20.2 Å². The molecule has 9 nitrogen and oxygen atoms in total. The molecule has 1 heterocycles. The predicted molar refractivity (Wildman–Crippen MR) is 164 cm³/mol. The number of ether oxygens (including phenoxy) is 2. The van der Waals surface area contributed by atoms with Crippen molar-refractivity contribution in [3.63, 3.8) is 0 Å². The van der Waals surface area contributed by atoms with Crippen LogP contribution in [0.4, 0.5) is 10.5 Å². The molecular formula is C33H42N4O5. The number of methoxy groups -OCH3 is 1. The third-order valence-corrected chi connectivity index (χ3v) is 6.48. The first kappa shape index (κ1) is 32.3. The number of nitrogens with two attached hydrogens (primary N) is 1. The highest BCUT2D eigenvalue weighted by Gasteiger charge is 2.23. The van der Waals surface area contributed by atoms with Crippen molar-refractivity contribution >= 4 is 23.7 Å². The van der Waals surface area contributed by atoms with Crippen molar-refractivity contribution in [1.29, 1.82) is 0 Å². The van der Waals surface area contributed by atoms with Crippen molar-refractivity contribution in [1.82, 2.24) is 10.3 Å². The second kappa shape index (κ2) is 14.1. The second-order valence-electron chi connectivity index (χ2n) is 11.6. The van der Waals surface area contributed by atoms with Gasteiger partial charge in [0.25, 0.3) is 0 Å². The van der Waals surface area contributed by atoms with E-state index in [1.165, 1.54) is 7.11 Å². The monoisotopic (exact) mass is 574 g/mol. The summed E-state index contributed by atoms with van der Waals surface area (Å²) in [5, 5.41) is 5.79. The van der Waals surface area contributed by atoms with E-state index < -0.39 is 17.7 Å². The molecule has 2 amide bonds. The molecule has 0 aliphatic carbocycles. The number of aromatic nitrogens is 1. The fraction of sp³-hybridized carbons (Fsp3) is 0.394. The minimum absolute atomic E-state index is 0.0245. The van der Waals surface area contributed by atoms with E-state index in [0.29, 0.717) is 30.1 Å². The van der Waals surface area contributed by atoms with Gasteiger partial charge in [-0.2, -0.15) is 0 Å². The molecule has 4 N–H and O–H groups in total. The standard InChI is InChI=1S/C33H42N4O5/c1-20(2)15-28-27(19-35-32(40)42-33(4,5)6)30(23-13-11-22(18-34)12-14-23)26(21(3)36-28)17-29(38)37-25-10-8-9-24(16-25)31(39)41-7/h8-14,16,20H,15,17-19,34H2,1-7H3,(H,35,40)(H,37,38). The summed E-state index contributed by atoms with van der Waals surface area (Å²) in [6.45, 7) is 12.1. The van der Waals surface area contributed by atoms with Crippen LogP contribution in [0.2, 0.25) is 0 Å². The molecule has 0 aliphatic rings. The van der Waals surface area contributed by atoms with Gasteiger partial charge in [-0.3, -0.25) is 9.78 Å². The van der Waals surface area contributed by atoms with E-state index in [1.54, 1.807) is 24.3 Å². The number of nitrogens with zero attached hydrogens (tertiary/aromatic N) is 1. The number of anilines is 1. The van der Waals surface area contributed by atoms with E-state index in [-0.39, 0.29) is 18.9 Å². The van der Waals surface area contributed by atoms with E-state index in [1.807, 2.05) is 52.0 Å². The van der Waals surface area contributed by atoms with E-state index in [2.05, 4.69) is 24.5 Å². The Bertz CT molecular complexity index is 1430. The summed E-state index contributed by atoms with van der Waals surface area (Å²) in [5.74, 6) is -0.456. The molecule has 0 unspecified atom stereocenters. The highest BCUT2D eigenvalue weighted by atomic mass is 16.6. The van der Waals surface area contributed by atoms with Crippen LogP contribution in [0, 0.1) is 12.8 Å². The van der Waals surface area contributed by atoms with Crippen molar-refractivity contribution in [3.05, 3.63) is 82.2 Å². The Labute approximate surface area is 248 Å². The normalized spacial score (nSPS) is 11.3. The minimum atomic E-state index is -0.647. The van der Waals surface area contributed by atoms with Gasteiger partial charge in [0.15, 0.2) is 0 Å². The van der Waals surface area contributed by atoms with Gasteiger partial charge in [0.1, 0.15) is 5.60 Å². The van der Waals surface area contributed by atoms with Crippen molar-refractivity contribution in [2.24, 2.45) is 11.7 Å². The molecule has 1 aromatic heterocycles. The first-order chi connectivity index (χ1) is 19.8. The van der Waals surface area contributed by atoms with Gasteiger partial charge in [-0.1, -0.05) is 44.2 Å². The zero-order chi connectivity index (χ0) is 31.0. The molecule has 42 heavy (non-hydrogen) atoms. The number of pyridine rings is 1. The quantitative estimate of drug-likeness (QED) is 0.264. The van der Waals surface area contributed by atoms with Crippen LogP contribution in [-0.2, 0) is 40.2 Å². The van der Waals surface area contributed by atoms with Gasteiger partial charge >= 0.3 is 12.1 Å². The summed E-state index contributed by atoms with van der Waals surface area (Å²) in [4.78, 5) is 43.0. The van der Waals surface area contributed by atoms with Gasteiger partial charge < -0.3 is 25.8 Å². The molecule has 224 valence electrons. The third kappa shape index (κ3) is 8.88. The van der Waals surface area contributed by atoms with Gasteiger partial charge in [0.2, 0.25) is 5.91 Å². The average molecular weight is 575 g/mol. The van der Waals surface area contributed by atoms with Crippen LogP contribution in [-0.4, -0.2) is 35.7 Å². The molecule has 0 spiro atoms. The number of esters is 1. The predicted octanol–water partition coefficient (Wildman–Crippen LogP) is 5.71. The first-order valence-corrected chi connectivity index (χ1v) is 14.1. The van der Waals surface area contributed by atoms with Crippen molar-refractivity contribution in [3.8, 4) is 11.1 Å². The summed E-state index contributed by atoms with van der Waals surface area (Å²) >= 11 is 0. The van der Waals surface area contributed by atoms with Gasteiger partial charge in [-0.05, 0) is 80.5 Å². The number of rotatable bonds is 10. The van der Waals surface area contributed by atoms with Crippen molar-refractivity contribution in [2.75, 3.05) is 12.4 Å². The molecule has 3 rings (SSSR count). The van der Waals surface area contributed by atoms with Crippen molar-refractivity contribution in [2.45, 2.75) is 73.1 Å². The van der Waals surface area contributed by atoms with Gasteiger partial charge in [0.05, 0.1) is 19.1 Å². The molecule has 0 bridgehead atoms. The summed E-state index contributed by atoms with van der Waals surface area (Å²) in [6.07, 6.45) is 0.177. The molecule has 0 aliphatic heterocycles.